The molecular formula is C24H25ClF2N5O3+. The van der Waals surface area contributed by atoms with E-state index in [0.29, 0.717) is 30.4 Å². The largest absolute Gasteiger partial charge is 0.394 e. The number of ether oxygens (including phenoxy) is 1. The Labute approximate surface area is 205 Å². The Morgan fingerprint density at radius 3 is 2.80 bits per heavy atom. The van der Waals surface area contributed by atoms with Gasteiger partial charge in [0.25, 0.3) is 5.56 Å². The first kappa shape index (κ1) is 24.9. The molecule has 2 atom stereocenters. The molecule has 1 aromatic carbocycles. The van der Waals surface area contributed by atoms with E-state index in [1.165, 1.54) is 40.5 Å². The second kappa shape index (κ2) is 11.0. The first-order valence-corrected chi connectivity index (χ1v) is 11.4. The Hall–Kier alpha value is -3.18. The van der Waals surface area contributed by atoms with Crippen LogP contribution in [-0.4, -0.2) is 46.7 Å². The molecule has 1 unspecified atom stereocenters. The fourth-order valence-electron chi connectivity index (χ4n) is 4.08. The molecule has 4 rings (SSSR count). The Balaban J connectivity index is 1.62. The van der Waals surface area contributed by atoms with Crippen LogP contribution in [0.1, 0.15) is 17.5 Å². The van der Waals surface area contributed by atoms with Gasteiger partial charge in [0, 0.05) is 37.1 Å². The molecule has 0 aliphatic carbocycles. The molecule has 0 saturated carbocycles. The summed E-state index contributed by atoms with van der Waals surface area (Å²) in [6.07, 6.45) is 4.60. The molecule has 0 radical (unpaired) electrons. The molecule has 3 aromatic rings. The second-order valence-corrected chi connectivity index (χ2v) is 8.60. The molecule has 3 heterocycles. The number of hydrogen-bond acceptors (Lipinski definition) is 6. The number of rotatable bonds is 9. The second-order valence-electron chi connectivity index (χ2n) is 8.19. The highest BCUT2D eigenvalue weighted by Crippen LogP contribution is 2.24. The van der Waals surface area contributed by atoms with E-state index in [1.807, 2.05) is 0 Å². The topological polar surface area (TPSA) is 117 Å². The zero-order valence-corrected chi connectivity index (χ0v) is 19.4. The van der Waals surface area contributed by atoms with Crippen molar-refractivity contribution in [2.24, 2.45) is 5.92 Å². The third-order valence-corrected chi connectivity index (χ3v) is 6.35. The fourth-order valence-corrected chi connectivity index (χ4v) is 4.28. The molecule has 35 heavy (non-hydrogen) atoms. The molecule has 2 aromatic heterocycles. The highest BCUT2D eigenvalue weighted by molar-refractivity contribution is 6.32. The van der Waals surface area contributed by atoms with Gasteiger partial charge in [0.15, 0.2) is 0 Å². The smallest absolute Gasteiger partial charge is 0.270 e. The van der Waals surface area contributed by atoms with E-state index in [1.54, 1.807) is 12.1 Å². The SMILES string of the molecule is N=Cc1c([NH2+]Cc2c(F)cccc2F)ccn(-c2cc(N[C@@H](CO)C3CCOC3)ncc2Cl)c1=O. The van der Waals surface area contributed by atoms with Crippen LogP contribution in [0.4, 0.5) is 20.3 Å². The molecular weight excluding hydrogens is 480 g/mol. The summed E-state index contributed by atoms with van der Waals surface area (Å²) in [6, 6.07) is 6.51. The van der Waals surface area contributed by atoms with Crippen molar-refractivity contribution < 1.29 is 23.9 Å². The van der Waals surface area contributed by atoms with Crippen LogP contribution >= 0.6 is 11.6 Å². The number of aliphatic hydroxyl groups excluding tert-OH is 1. The molecule has 1 saturated heterocycles. The normalized spacial score (nSPS) is 16.3. The predicted molar refractivity (Wildman–Crippen MR) is 128 cm³/mol. The number of aromatic nitrogens is 2. The Morgan fingerprint density at radius 2 is 2.14 bits per heavy atom. The van der Waals surface area contributed by atoms with Gasteiger partial charge in [0.2, 0.25) is 0 Å². The number of aliphatic hydroxyl groups is 1. The molecule has 1 fully saturated rings. The maximum atomic E-state index is 14.0. The van der Waals surface area contributed by atoms with E-state index in [2.05, 4.69) is 10.3 Å². The maximum Gasteiger partial charge on any atom is 0.270 e. The molecule has 1 aliphatic heterocycles. The first-order chi connectivity index (χ1) is 16.9. The molecule has 8 nitrogen and oxygen atoms in total. The van der Waals surface area contributed by atoms with E-state index in [0.717, 1.165) is 12.6 Å². The highest BCUT2D eigenvalue weighted by atomic mass is 35.5. The van der Waals surface area contributed by atoms with Crippen LogP contribution < -0.4 is 16.2 Å². The van der Waals surface area contributed by atoms with Crippen molar-refractivity contribution in [3.63, 3.8) is 0 Å². The summed E-state index contributed by atoms with van der Waals surface area (Å²) in [5, 5.41) is 22.4. The summed E-state index contributed by atoms with van der Waals surface area (Å²) in [6.45, 7) is 0.978. The van der Waals surface area contributed by atoms with Crippen molar-refractivity contribution in [1.82, 2.24) is 9.55 Å². The molecule has 0 spiro atoms. The lowest BCUT2D eigenvalue weighted by Gasteiger charge is -2.22. The van der Waals surface area contributed by atoms with Crippen LogP contribution in [0.15, 0.2) is 47.5 Å². The number of quaternary nitrogens is 1. The van der Waals surface area contributed by atoms with Gasteiger partial charge in [-0.3, -0.25) is 9.36 Å². The number of benzene rings is 1. The van der Waals surface area contributed by atoms with Crippen LogP contribution in [0, 0.1) is 23.0 Å². The van der Waals surface area contributed by atoms with Crippen molar-refractivity contribution in [1.29, 1.82) is 5.41 Å². The monoisotopic (exact) mass is 504 g/mol. The average Bonchev–Trinajstić information content (AvgIpc) is 3.38. The molecule has 0 bridgehead atoms. The minimum atomic E-state index is -0.681. The van der Waals surface area contributed by atoms with Crippen molar-refractivity contribution in [3.05, 3.63) is 80.9 Å². The Bertz CT molecular complexity index is 1260. The summed E-state index contributed by atoms with van der Waals surface area (Å²) in [4.78, 5) is 17.5. The first-order valence-electron chi connectivity index (χ1n) is 11.1. The van der Waals surface area contributed by atoms with E-state index in [-0.39, 0.29) is 41.3 Å². The number of nitrogens with zero attached hydrogens (tertiary/aromatic N) is 2. The molecule has 0 amide bonds. The third-order valence-electron chi connectivity index (χ3n) is 6.05. The summed E-state index contributed by atoms with van der Waals surface area (Å²) >= 11 is 6.34. The van der Waals surface area contributed by atoms with Crippen molar-refractivity contribution in [2.45, 2.75) is 19.0 Å². The lowest BCUT2D eigenvalue weighted by molar-refractivity contribution is -0.589. The number of halogens is 3. The van der Waals surface area contributed by atoms with Gasteiger partial charge < -0.3 is 25.9 Å². The standard InChI is InChI=1S/C24H24ClF2N5O3/c25-17-11-30-23(31-21(12-33)14-5-7-35-13-14)8-22(17)32-6-4-20(15(9-28)24(32)34)29-10-16-18(26)2-1-3-19(16)27/h1-4,6,8-9,11,14,21,28-29,33H,5,7,10,12-13H2,(H,30,31)/p+1/t14?,21-/m0/s1. The van der Waals surface area contributed by atoms with Crippen LogP contribution in [0.5, 0.6) is 0 Å². The van der Waals surface area contributed by atoms with Crippen molar-refractivity contribution >= 4 is 29.3 Å². The number of nitrogens with two attached hydrogens (primary N) is 1. The zero-order chi connectivity index (χ0) is 24.9. The van der Waals surface area contributed by atoms with Crippen LogP contribution in [0.3, 0.4) is 0 Å². The lowest BCUT2D eigenvalue weighted by Crippen LogP contribution is -2.77. The molecule has 1 aliphatic rings. The van der Waals surface area contributed by atoms with Crippen LogP contribution in [0.25, 0.3) is 5.69 Å². The van der Waals surface area contributed by atoms with E-state index in [4.69, 9.17) is 21.7 Å². The quantitative estimate of drug-likeness (QED) is 0.334. The number of nitrogens with one attached hydrogen (secondary N) is 2. The number of anilines is 1. The lowest BCUT2D eigenvalue weighted by atomic mass is 10.00. The predicted octanol–water partition coefficient (Wildman–Crippen LogP) is 2.37. The van der Waals surface area contributed by atoms with Crippen LogP contribution in [-0.2, 0) is 11.3 Å². The maximum absolute atomic E-state index is 14.0. The zero-order valence-electron chi connectivity index (χ0n) is 18.7. The van der Waals surface area contributed by atoms with Gasteiger partial charge in [-0.2, -0.15) is 0 Å². The van der Waals surface area contributed by atoms with Gasteiger partial charge in [0.05, 0.1) is 41.7 Å². The summed E-state index contributed by atoms with van der Waals surface area (Å²) < 4.78 is 34.6. The number of pyridine rings is 2. The number of hydrogen-bond donors (Lipinski definition) is 4. The molecule has 184 valence electrons. The van der Waals surface area contributed by atoms with Crippen LogP contribution in [0.2, 0.25) is 5.02 Å². The highest BCUT2D eigenvalue weighted by Gasteiger charge is 2.26. The van der Waals surface area contributed by atoms with Gasteiger partial charge in [0.1, 0.15) is 35.2 Å². The van der Waals surface area contributed by atoms with Crippen molar-refractivity contribution in [3.8, 4) is 5.69 Å². The van der Waals surface area contributed by atoms with Crippen molar-refractivity contribution in [2.75, 3.05) is 25.1 Å². The van der Waals surface area contributed by atoms with E-state index < -0.39 is 17.2 Å². The minimum Gasteiger partial charge on any atom is -0.394 e. The summed E-state index contributed by atoms with van der Waals surface area (Å²) in [7, 11) is 0. The van der Waals surface area contributed by atoms with Gasteiger partial charge in [-0.15, -0.1) is 0 Å². The van der Waals surface area contributed by atoms with E-state index in [9.17, 15) is 18.7 Å². The minimum absolute atomic E-state index is 0.0444. The third kappa shape index (κ3) is 5.40. The average molecular weight is 505 g/mol. The molecule has 5 N–H and O–H groups in total. The van der Waals surface area contributed by atoms with Gasteiger partial charge >= 0.3 is 0 Å². The Kier molecular flexibility index (Phi) is 7.86. The van der Waals surface area contributed by atoms with E-state index >= 15 is 0 Å². The summed E-state index contributed by atoms with van der Waals surface area (Å²) in [5.74, 6) is -0.813. The van der Waals surface area contributed by atoms with Gasteiger partial charge in [-0.25, -0.2) is 13.8 Å². The van der Waals surface area contributed by atoms with Gasteiger partial charge in [-0.05, 0) is 18.6 Å². The van der Waals surface area contributed by atoms with Gasteiger partial charge in [-0.1, -0.05) is 17.7 Å². The molecule has 11 heteroatoms. The fraction of sp³-hybridized carbons (Fsp3) is 0.292. The Morgan fingerprint density at radius 1 is 1.37 bits per heavy atom. The summed E-state index contributed by atoms with van der Waals surface area (Å²) in [5.41, 5.74) is 0.108.